The van der Waals surface area contributed by atoms with Crippen molar-refractivity contribution in [3.05, 3.63) is 52.2 Å². The number of rotatable bonds is 6. The van der Waals surface area contributed by atoms with Crippen molar-refractivity contribution in [1.29, 1.82) is 0 Å². The normalized spacial score (nSPS) is 10.4. The van der Waals surface area contributed by atoms with E-state index in [9.17, 15) is 0 Å². The minimum Gasteiger partial charge on any atom is -0.383 e. The summed E-state index contributed by atoms with van der Waals surface area (Å²) >= 11 is 1.73. The van der Waals surface area contributed by atoms with Gasteiger partial charge in [0.25, 0.3) is 0 Å². The molecule has 17 heavy (non-hydrogen) atoms. The van der Waals surface area contributed by atoms with Gasteiger partial charge in [-0.25, -0.2) is 0 Å². The zero-order valence-corrected chi connectivity index (χ0v) is 10.8. The molecule has 0 saturated heterocycles. The molecule has 3 heteroatoms. The Morgan fingerprint density at radius 2 is 2.00 bits per heavy atom. The molecule has 0 aliphatic heterocycles. The van der Waals surface area contributed by atoms with Crippen molar-refractivity contribution < 1.29 is 4.74 Å². The van der Waals surface area contributed by atoms with Gasteiger partial charge < -0.3 is 10.1 Å². The summed E-state index contributed by atoms with van der Waals surface area (Å²) in [6.45, 7) is 4.38. The summed E-state index contributed by atoms with van der Waals surface area (Å²) in [5.41, 5.74) is 2.43. The molecule has 2 rings (SSSR count). The molecule has 0 aliphatic carbocycles. The van der Waals surface area contributed by atoms with Crippen LogP contribution in [-0.4, -0.2) is 13.2 Å². The fraction of sp³-hybridized carbons (Fsp3) is 0.286. The predicted molar refractivity (Wildman–Crippen MR) is 73.6 cm³/mol. The SMILES string of the molecule is Cc1ccc(NCCOCc2cccs2)cc1. The number of aryl methyl sites for hydroxylation is 1. The first-order valence-electron chi connectivity index (χ1n) is 5.75. The Labute approximate surface area is 106 Å². The van der Waals surface area contributed by atoms with Crippen LogP contribution in [0.5, 0.6) is 0 Å². The van der Waals surface area contributed by atoms with E-state index in [-0.39, 0.29) is 0 Å². The molecule has 0 spiro atoms. The maximum Gasteiger partial charge on any atom is 0.0810 e. The zero-order valence-electron chi connectivity index (χ0n) is 9.98. The first kappa shape index (κ1) is 12.1. The van der Waals surface area contributed by atoms with Gasteiger partial charge in [-0.2, -0.15) is 0 Å². The van der Waals surface area contributed by atoms with Crippen molar-refractivity contribution >= 4 is 17.0 Å². The number of anilines is 1. The number of hydrogen-bond donors (Lipinski definition) is 1. The Kier molecular flexibility index (Phi) is 4.59. The van der Waals surface area contributed by atoms with Crippen LogP contribution in [0.25, 0.3) is 0 Å². The van der Waals surface area contributed by atoms with E-state index < -0.39 is 0 Å². The van der Waals surface area contributed by atoms with Crippen LogP contribution in [0.3, 0.4) is 0 Å². The summed E-state index contributed by atoms with van der Waals surface area (Å²) in [6.07, 6.45) is 0. The van der Waals surface area contributed by atoms with Crippen LogP contribution in [-0.2, 0) is 11.3 Å². The maximum atomic E-state index is 5.57. The quantitative estimate of drug-likeness (QED) is 0.786. The fourth-order valence-corrected chi connectivity index (χ4v) is 2.15. The molecule has 0 aliphatic rings. The van der Waals surface area contributed by atoms with Gasteiger partial charge >= 0.3 is 0 Å². The molecule has 1 aromatic carbocycles. The van der Waals surface area contributed by atoms with Crippen LogP contribution < -0.4 is 5.32 Å². The molecule has 1 heterocycles. The molecule has 0 amide bonds. The number of nitrogens with one attached hydrogen (secondary N) is 1. The van der Waals surface area contributed by atoms with Crippen molar-refractivity contribution in [3.8, 4) is 0 Å². The highest BCUT2D eigenvalue weighted by atomic mass is 32.1. The van der Waals surface area contributed by atoms with Gasteiger partial charge in [-0.1, -0.05) is 23.8 Å². The van der Waals surface area contributed by atoms with Gasteiger partial charge in [0.2, 0.25) is 0 Å². The fourth-order valence-electron chi connectivity index (χ4n) is 1.51. The lowest BCUT2D eigenvalue weighted by molar-refractivity contribution is 0.132. The van der Waals surface area contributed by atoms with Gasteiger partial charge in [0.05, 0.1) is 13.2 Å². The molecule has 0 saturated carbocycles. The Morgan fingerprint density at radius 1 is 1.18 bits per heavy atom. The number of benzene rings is 1. The zero-order chi connectivity index (χ0) is 11.9. The molecule has 2 aromatic rings. The molecule has 0 fully saturated rings. The van der Waals surface area contributed by atoms with Gasteiger partial charge in [0.1, 0.15) is 0 Å². The second kappa shape index (κ2) is 6.42. The molecule has 2 nitrogen and oxygen atoms in total. The lowest BCUT2D eigenvalue weighted by Gasteiger charge is -2.07. The van der Waals surface area contributed by atoms with E-state index in [1.807, 2.05) is 6.07 Å². The third-order valence-corrected chi connectivity index (χ3v) is 3.30. The average molecular weight is 247 g/mol. The molecule has 1 aromatic heterocycles. The van der Waals surface area contributed by atoms with Crippen LogP contribution in [0.15, 0.2) is 41.8 Å². The van der Waals surface area contributed by atoms with E-state index in [2.05, 4.69) is 48.0 Å². The van der Waals surface area contributed by atoms with Crippen LogP contribution in [0.1, 0.15) is 10.4 Å². The first-order chi connectivity index (χ1) is 8.34. The van der Waals surface area contributed by atoms with Crippen molar-refractivity contribution in [2.45, 2.75) is 13.5 Å². The van der Waals surface area contributed by atoms with Crippen LogP contribution in [0.2, 0.25) is 0 Å². The molecular formula is C14H17NOS. The molecular weight excluding hydrogens is 230 g/mol. The number of thiophene rings is 1. The second-order valence-corrected chi connectivity index (χ2v) is 4.96. The van der Waals surface area contributed by atoms with E-state index in [4.69, 9.17) is 4.74 Å². The lowest BCUT2D eigenvalue weighted by Crippen LogP contribution is -2.08. The second-order valence-electron chi connectivity index (χ2n) is 3.92. The Balaban J connectivity index is 1.61. The van der Waals surface area contributed by atoms with Crippen LogP contribution in [0, 0.1) is 6.92 Å². The monoisotopic (exact) mass is 247 g/mol. The summed E-state index contributed by atoms with van der Waals surface area (Å²) in [6, 6.07) is 12.5. The summed E-state index contributed by atoms with van der Waals surface area (Å²) < 4.78 is 5.57. The molecule has 0 atom stereocenters. The van der Waals surface area contributed by atoms with Crippen molar-refractivity contribution in [2.24, 2.45) is 0 Å². The maximum absolute atomic E-state index is 5.57. The van der Waals surface area contributed by atoms with Crippen molar-refractivity contribution in [1.82, 2.24) is 0 Å². The van der Waals surface area contributed by atoms with Gasteiger partial charge in [-0.3, -0.25) is 0 Å². The molecule has 90 valence electrons. The lowest BCUT2D eigenvalue weighted by atomic mass is 10.2. The third kappa shape index (κ3) is 4.21. The van der Waals surface area contributed by atoms with Gasteiger partial charge in [0.15, 0.2) is 0 Å². The van der Waals surface area contributed by atoms with Crippen LogP contribution >= 0.6 is 11.3 Å². The summed E-state index contributed by atoms with van der Waals surface area (Å²) in [5.74, 6) is 0. The smallest absolute Gasteiger partial charge is 0.0810 e. The summed E-state index contributed by atoms with van der Waals surface area (Å²) in [7, 11) is 0. The van der Waals surface area contributed by atoms with Gasteiger partial charge in [-0.05, 0) is 30.5 Å². The minimum atomic E-state index is 0.716. The Morgan fingerprint density at radius 3 is 2.71 bits per heavy atom. The van der Waals surface area contributed by atoms with E-state index >= 15 is 0 Å². The molecule has 0 radical (unpaired) electrons. The number of hydrogen-bond acceptors (Lipinski definition) is 3. The first-order valence-corrected chi connectivity index (χ1v) is 6.63. The highest BCUT2D eigenvalue weighted by Gasteiger charge is 1.94. The van der Waals surface area contributed by atoms with Crippen LogP contribution in [0.4, 0.5) is 5.69 Å². The Hall–Kier alpha value is -1.32. The topological polar surface area (TPSA) is 21.3 Å². The average Bonchev–Trinajstić information content (AvgIpc) is 2.84. The minimum absolute atomic E-state index is 0.716. The van der Waals surface area contributed by atoms with E-state index in [0.29, 0.717) is 6.61 Å². The molecule has 0 unspecified atom stereocenters. The Bertz CT molecular complexity index is 422. The predicted octanol–water partition coefficient (Wildman–Crippen LogP) is 3.69. The van der Waals surface area contributed by atoms with E-state index in [1.165, 1.54) is 10.4 Å². The summed E-state index contributed by atoms with van der Waals surface area (Å²) in [4.78, 5) is 1.28. The van der Waals surface area contributed by atoms with Crippen molar-refractivity contribution in [2.75, 3.05) is 18.5 Å². The standard InChI is InChI=1S/C14H17NOS/c1-12-4-6-13(7-5-12)15-8-9-16-11-14-3-2-10-17-14/h2-7,10,15H,8-9,11H2,1H3. The highest BCUT2D eigenvalue weighted by molar-refractivity contribution is 7.09. The van der Waals surface area contributed by atoms with E-state index in [0.717, 1.165) is 18.8 Å². The van der Waals surface area contributed by atoms with Crippen molar-refractivity contribution in [3.63, 3.8) is 0 Å². The number of ether oxygens (including phenoxy) is 1. The van der Waals surface area contributed by atoms with Gasteiger partial charge in [-0.15, -0.1) is 11.3 Å². The van der Waals surface area contributed by atoms with E-state index in [1.54, 1.807) is 11.3 Å². The molecule has 0 bridgehead atoms. The highest BCUT2D eigenvalue weighted by Crippen LogP contribution is 2.10. The largest absolute Gasteiger partial charge is 0.383 e. The third-order valence-electron chi connectivity index (χ3n) is 2.45. The summed E-state index contributed by atoms with van der Waals surface area (Å²) in [5, 5.41) is 5.40. The van der Waals surface area contributed by atoms with Gasteiger partial charge in [0, 0.05) is 17.1 Å². The molecule has 1 N–H and O–H groups in total.